The number of amides is 1. The van der Waals surface area contributed by atoms with Gasteiger partial charge in [0.1, 0.15) is 5.82 Å². The molecular formula is C16H19N3O. The van der Waals surface area contributed by atoms with Crippen molar-refractivity contribution in [2.45, 2.75) is 20.3 Å². The lowest BCUT2D eigenvalue weighted by Crippen LogP contribution is -2.13. The molecule has 0 bridgehead atoms. The Bertz CT molecular complexity index is 579. The van der Waals surface area contributed by atoms with Gasteiger partial charge in [-0.3, -0.25) is 4.79 Å². The molecule has 2 aromatic rings. The lowest BCUT2D eigenvalue weighted by Gasteiger charge is -2.07. The normalized spacial score (nSPS) is 10.1. The number of hydrogen-bond donors (Lipinski definition) is 2. The summed E-state index contributed by atoms with van der Waals surface area (Å²) in [7, 11) is 0. The van der Waals surface area contributed by atoms with Crippen molar-refractivity contribution in [1.82, 2.24) is 4.98 Å². The van der Waals surface area contributed by atoms with Gasteiger partial charge in [0.2, 0.25) is 0 Å². The van der Waals surface area contributed by atoms with Crippen molar-refractivity contribution < 1.29 is 4.79 Å². The maximum atomic E-state index is 12.1. The third-order valence-electron chi connectivity index (χ3n) is 2.86. The maximum Gasteiger partial charge on any atom is 0.256 e. The summed E-state index contributed by atoms with van der Waals surface area (Å²) in [6.07, 6.45) is 1.07. The van der Waals surface area contributed by atoms with Crippen molar-refractivity contribution in [2.75, 3.05) is 17.2 Å². The Balaban J connectivity index is 2.02. The fourth-order valence-corrected chi connectivity index (χ4v) is 1.81. The van der Waals surface area contributed by atoms with E-state index in [1.54, 1.807) is 6.07 Å². The molecule has 0 unspecified atom stereocenters. The number of rotatable bonds is 5. The van der Waals surface area contributed by atoms with E-state index in [-0.39, 0.29) is 5.91 Å². The standard InChI is InChI=1S/C16H19N3O/c1-3-11-17-14-9-7-13(8-10-14)16(20)19-15-6-4-5-12(2)18-15/h4-10,17H,3,11H2,1-2H3,(H,18,19,20). The summed E-state index contributed by atoms with van der Waals surface area (Å²) in [4.78, 5) is 16.3. The highest BCUT2D eigenvalue weighted by Gasteiger charge is 2.06. The number of benzene rings is 1. The first-order chi connectivity index (χ1) is 9.69. The van der Waals surface area contributed by atoms with Gasteiger partial charge >= 0.3 is 0 Å². The molecule has 0 saturated carbocycles. The number of aromatic nitrogens is 1. The van der Waals surface area contributed by atoms with Crippen LogP contribution in [0.3, 0.4) is 0 Å². The van der Waals surface area contributed by atoms with Gasteiger partial charge in [-0.05, 0) is 49.7 Å². The maximum absolute atomic E-state index is 12.1. The Morgan fingerprint density at radius 2 is 1.90 bits per heavy atom. The summed E-state index contributed by atoms with van der Waals surface area (Å²) in [5, 5.41) is 6.06. The van der Waals surface area contributed by atoms with Crippen LogP contribution in [0, 0.1) is 6.92 Å². The minimum atomic E-state index is -0.148. The first kappa shape index (κ1) is 14.1. The van der Waals surface area contributed by atoms with Crippen LogP contribution in [-0.4, -0.2) is 17.4 Å². The van der Waals surface area contributed by atoms with E-state index >= 15 is 0 Å². The molecule has 0 aliphatic carbocycles. The molecule has 0 atom stereocenters. The van der Waals surface area contributed by atoms with Crippen LogP contribution in [0.4, 0.5) is 11.5 Å². The molecule has 0 spiro atoms. The molecule has 1 aromatic carbocycles. The quantitative estimate of drug-likeness (QED) is 0.874. The Kier molecular flexibility index (Phi) is 4.71. The van der Waals surface area contributed by atoms with Gasteiger partial charge in [-0.2, -0.15) is 0 Å². The Hall–Kier alpha value is -2.36. The second-order valence-corrected chi connectivity index (χ2v) is 4.62. The second kappa shape index (κ2) is 6.70. The lowest BCUT2D eigenvalue weighted by molar-refractivity contribution is 0.102. The molecule has 0 aliphatic heterocycles. The lowest BCUT2D eigenvalue weighted by atomic mass is 10.2. The SMILES string of the molecule is CCCNc1ccc(C(=O)Nc2cccc(C)n2)cc1. The number of aryl methyl sites for hydroxylation is 1. The number of nitrogens with zero attached hydrogens (tertiary/aromatic N) is 1. The van der Waals surface area contributed by atoms with Gasteiger partial charge in [-0.25, -0.2) is 4.98 Å². The van der Waals surface area contributed by atoms with E-state index in [9.17, 15) is 4.79 Å². The summed E-state index contributed by atoms with van der Waals surface area (Å²) < 4.78 is 0. The largest absolute Gasteiger partial charge is 0.385 e. The number of pyridine rings is 1. The summed E-state index contributed by atoms with van der Waals surface area (Å²) in [5.41, 5.74) is 2.52. The van der Waals surface area contributed by atoms with Crippen molar-refractivity contribution in [3.8, 4) is 0 Å². The van der Waals surface area contributed by atoms with Gasteiger partial charge in [0.05, 0.1) is 0 Å². The average molecular weight is 269 g/mol. The highest BCUT2D eigenvalue weighted by atomic mass is 16.1. The molecule has 1 aromatic heterocycles. The summed E-state index contributed by atoms with van der Waals surface area (Å²) >= 11 is 0. The second-order valence-electron chi connectivity index (χ2n) is 4.62. The molecule has 2 N–H and O–H groups in total. The van der Waals surface area contributed by atoms with Crippen LogP contribution in [-0.2, 0) is 0 Å². The molecule has 0 radical (unpaired) electrons. The van der Waals surface area contributed by atoms with E-state index in [0.717, 1.165) is 24.3 Å². The first-order valence-corrected chi connectivity index (χ1v) is 6.78. The van der Waals surface area contributed by atoms with E-state index in [4.69, 9.17) is 0 Å². The summed E-state index contributed by atoms with van der Waals surface area (Å²) in [6, 6.07) is 13.0. The predicted octanol–water partition coefficient (Wildman–Crippen LogP) is 3.46. The molecule has 0 saturated heterocycles. The minimum absolute atomic E-state index is 0.148. The first-order valence-electron chi connectivity index (χ1n) is 6.78. The molecule has 4 heteroatoms. The van der Waals surface area contributed by atoms with E-state index in [1.165, 1.54) is 0 Å². The van der Waals surface area contributed by atoms with Crippen LogP contribution in [0.5, 0.6) is 0 Å². The van der Waals surface area contributed by atoms with E-state index in [2.05, 4.69) is 22.5 Å². The molecular weight excluding hydrogens is 250 g/mol. The number of carbonyl (C=O) groups excluding carboxylic acids is 1. The monoisotopic (exact) mass is 269 g/mol. The molecule has 1 heterocycles. The summed E-state index contributed by atoms with van der Waals surface area (Å²) in [6.45, 7) is 4.94. The van der Waals surface area contributed by atoms with Crippen molar-refractivity contribution in [3.63, 3.8) is 0 Å². The van der Waals surface area contributed by atoms with Gasteiger partial charge in [0, 0.05) is 23.5 Å². The fraction of sp³-hybridized carbons (Fsp3) is 0.250. The van der Waals surface area contributed by atoms with Crippen LogP contribution in [0.2, 0.25) is 0 Å². The molecule has 0 fully saturated rings. The minimum Gasteiger partial charge on any atom is -0.385 e. The third kappa shape index (κ3) is 3.82. The molecule has 20 heavy (non-hydrogen) atoms. The van der Waals surface area contributed by atoms with E-state index in [1.807, 2.05) is 43.3 Å². The van der Waals surface area contributed by atoms with Gasteiger partial charge in [-0.1, -0.05) is 13.0 Å². The zero-order valence-corrected chi connectivity index (χ0v) is 11.8. The van der Waals surface area contributed by atoms with Crippen LogP contribution in [0.25, 0.3) is 0 Å². The molecule has 2 rings (SSSR count). The van der Waals surface area contributed by atoms with Crippen LogP contribution >= 0.6 is 0 Å². The Labute approximate surface area is 119 Å². The van der Waals surface area contributed by atoms with Crippen molar-refractivity contribution in [1.29, 1.82) is 0 Å². The van der Waals surface area contributed by atoms with Crippen molar-refractivity contribution in [3.05, 3.63) is 53.7 Å². The van der Waals surface area contributed by atoms with Crippen LogP contribution in [0.1, 0.15) is 29.4 Å². The van der Waals surface area contributed by atoms with Gasteiger partial charge in [0.25, 0.3) is 5.91 Å². The highest BCUT2D eigenvalue weighted by molar-refractivity contribution is 6.03. The third-order valence-corrected chi connectivity index (χ3v) is 2.86. The van der Waals surface area contributed by atoms with Crippen LogP contribution in [0.15, 0.2) is 42.5 Å². The molecule has 104 valence electrons. The van der Waals surface area contributed by atoms with Gasteiger partial charge in [0.15, 0.2) is 0 Å². The number of anilines is 2. The van der Waals surface area contributed by atoms with Gasteiger partial charge < -0.3 is 10.6 Å². The summed E-state index contributed by atoms with van der Waals surface area (Å²) in [5.74, 6) is 0.424. The average Bonchev–Trinajstić information content (AvgIpc) is 2.45. The zero-order valence-electron chi connectivity index (χ0n) is 11.8. The van der Waals surface area contributed by atoms with E-state index < -0.39 is 0 Å². The van der Waals surface area contributed by atoms with Crippen molar-refractivity contribution in [2.24, 2.45) is 0 Å². The highest BCUT2D eigenvalue weighted by Crippen LogP contribution is 2.12. The Morgan fingerprint density at radius 3 is 2.55 bits per heavy atom. The van der Waals surface area contributed by atoms with Gasteiger partial charge in [-0.15, -0.1) is 0 Å². The van der Waals surface area contributed by atoms with E-state index in [0.29, 0.717) is 11.4 Å². The topological polar surface area (TPSA) is 54.0 Å². The molecule has 0 aliphatic rings. The predicted molar refractivity (Wildman–Crippen MR) is 82.1 cm³/mol. The van der Waals surface area contributed by atoms with Crippen molar-refractivity contribution >= 4 is 17.4 Å². The molecule has 4 nitrogen and oxygen atoms in total. The molecule has 1 amide bonds. The smallest absolute Gasteiger partial charge is 0.256 e. The zero-order chi connectivity index (χ0) is 14.4. The van der Waals surface area contributed by atoms with Crippen LogP contribution < -0.4 is 10.6 Å². The fourth-order valence-electron chi connectivity index (χ4n) is 1.81. The number of carbonyl (C=O) groups is 1. The Morgan fingerprint density at radius 1 is 1.15 bits per heavy atom. The number of hydrogen-bond acceptors (Lipinski definition) is 3. The number of nitrogens with one attached hydrogen (secondary N) is 2.